The molecule has 2 heteroatoms. The minimum atomic E-state index is -0.208. The monoisotopic (exact) mass is 212 g/mol. The van der Waals surface area contributed by atoms with Gasteiger partial charge in [-0.25, -0.2) is 4.39 Å². The summed E-state index contributed by atoms with van der Waals surface area (Å²) in [6.07, 6.45) is 0.223. The maximum atomic E-state index is 12.6. The highest BCUT2D eigenvalue weighted by Crippen LogP contribution is 2.18. The number of rotatable bonds is 3. The lowest BCUT2D eigenvalue weighted by molar-refractivity contribution is 0.0178. The SMILES string of the molecule is CC.CC(C)OC(C)c1ccc(F)cc1. The van der Waals surface area contributed by atoms with Gasteiger partial charge in [0.05, 0.1) is 12.2 Å². The van der Waals surface area contributed by atoms with Crippen molar-refractivity contribution in [3.05, 3.63) is 35.6 Å². The quantitative estimate of drug-likeness (QED) is 0.724. The number of hydrogen-bond donors (Lipinski definition) is 0. The molecule has 0 heterocycles. The van der Waals surface area contributed by atoms with Crippen LogP contribution in [-0.4, -0.2) is 6.10 Å². The lowest BCUT2D eigenvalue weighted by Gasteiger charge is -2.16. The van der Waals surface area contributed by atoms with Crippen molar-refractivity contribution in [2.24, 2.45) is 0 Å². The van der Waals surface area contributed by atoms with Gasteiger partial charge in [-0.2, -0.15) is 0 Å². The summed E-state index contributed by atoms with van der Waals surface area (Å²) in [5.41, 5.74) is 1.01. The Hall–Kier alpha value is -0.890. The van der Waals surface area contributed by atoms with Gasteiger partial charge >= 0.3 is 0 Å². The van der Waals surface area contributed by atoms with Crippen LogP contribution in [0.3, 0.4) is 0 Å². The van der Waals surface area contributed by atoms with E-state index in [1.54, 1.807) is 12.1 Å². The maximum Gasteiger partial charge on any atom is 0.123 e. The molecule has 1 nitrogen and oxygen atoms in total. The first kappa shape index (κ1) is 14.1. The lowest BCUT2D eigenvalue weighted by atomic mass is 10.1. The molecule has 0 radical (unpaired) electrons. The molecule has 0 saturated heterocycles. The molecule has 1 unspecified atom stereocenters. The summed E-state index contributed by atoms with van der Waals surface area (Å²) in [6, 6.07) is 6.41. The molecule has 1 aromatic rings. The summed E-state index contributed by atoms with van der Waals surface area (Å²) in [4.78, 5) is 0. The van der Waals surface area contributed by atoms with Crippen molar-refractivity contribution in [2.75, 3.05) is 0 Å². The molecule has 0 aromatic heterocycles. The van der Waals surface area contributed by atoms with Crippen molar-refractivity contribution in [1.29, 1.82) is 0 Å². The zero-order chi connectivity index (χ0) is 11.8. The number of halogens is 1. The molecule has 0 aliphatic heterocycles. The molecule has 0 saturated carbocycles. The van der Waals surface area contributed by atoms with Crippen molar-refractivity contribution >= 4 is 0 Å². The Morgan fingerprint density at radius 3 is 1.87 bits per heavy atom. The summed E-state index contributed by atoms with van der Waals surface area (Å²) in [7, 11) is 0. The first-order chi connectivity index (χ1) is 7.09. The van der Waals surface area contributed by atoms with Crippen LogP contribution in [0.1, 0.15) is 46.3 Å². The van der Waals surface area contributed by atoms with Crippen LogP contribution >= 0.6 is 0 Å². The topological polar surface area (TPSA) is 9.23 Å². The highest BCUT2D eigenvalue weighted by Gasteiger charge is 2.06. The second kappa shape index (κ2) is 7.41. The van der Waals surface area contributed by atoms with Crippen LogP contribution in [0.5, 0.6) is 0 Å². The van der Waals surface area contributed by atoms with Crippen molar-refractivity contribution in [2.45, 2.75) is 46.8 Å². The highest BCUT2D eigenvalue weighted by molar-refractivity contribution is 5.18. The van der Waals surface area contributed by atoms with Crippen LogP contribution in [0.4, 0.5) is 4.39 Å². The van der Waals surface area contributed by atoms with Crippen LogP contribution in [-0.2, 0) is 4.74 Å². The van der Waals surface area contributed by atoms with Gasteiger partial charge in [-0.05, 0) is 38.5 Å². The van der Waals surface area contributed by atoms with Gasteiger partial charge in [-0.3, -0.25) is 0 Å². The zero-order valence-electron chi connectivity index (χ0n) is 10.3. The third-order valence-electron chi connectivity index (χ3n) is 1.82. The normalized spacial score (nSPS) is 11.9. The van der Waals surface area contributed by atoms with Crippen LogP contribution in [0.2, 0.25) is 0 Å². The van der Waals surface area contributed by atoms with Crippen molar-refractivity contribution in [1.82, 2.24) is 0 Å². The smallest absolute Gasteiger partial charge is 0.123 e. The molecule has 1 aromatic carbocycles. The fourth-order valence-corrected chi connectivity index (χ4v) is 1.22. The predicted octanol–water partition coefficient (Wildman–Crippen LogP) is 4.34. The molecule has 1 atom stereocenters. The van der Waals surface area contributed by atoms with Gasteiger partial charge in [-0.15, -0.1) is 0 Å². The molecule has 0 aliphatic rings. The standard InChI is InChI=1S/C11H15FO.C2H6/c1-8(2)13-9(3)10-4-6-11(12)7-5-10;1-2/h4-9H,1-3H3;1-2H3. The molecule has 0 amide bonds. The Bertz CT molecular complexity index is 254. The fourth-order valence-electron chi connectivity index (χ4n) is 1.22. The minimum absolute atomic E-state index is 0.0283. The average Bonchev–Trinajstić information content (AvgIpc) is 2.20. The minimum Gasteiger partial charge on any atom is -0.371 e. The summed E-state index contributed by atoms with van der Waals surface area (Å²) in [5.74, 6) is -0.208. The molecule has 0 bridgehead atoms. The highest BCUT2D eigenvalue weighted by atomic mass is 19.1. The summed E-state index contributed by atoms with van der Waals surface area (Å²) >= 11 is 0. The van der Waals surface area contributed by atoms with Gasteiger partial charge in [-0.1, -0.05) is 26.0 Å². The molecular weight excluding hydrogens is 191 g/mol. The molecule has 1 rings (SSSR count). The van der Waals surface area contributed by atoms with E-state index in [0.717, 1.165) is 5.56 Å². The van der Waals surface area contributed by atoms with Gasteiger partial charge < -0.3 is 4.74 Å². The van der Waals surface area contributed by atoms with Crippen LogP contribution in [0.25, 0.3) is 0 Å². The zero-order valence-corrected chi connectivity index (χ0v) is 10.3. The van der Waals surface area contributed by atoms with E-state index >= 15 is 0 Å². The van der Waals surface area contributed by atoms with Crippen molar-refractivity contribution < 1.29 is 9.13 Å². The number of benzene rings is 1. The van der Waals surface area contributed by atoms with Gasteiger partial charge in [0.2, 0.25) is 0 Å². The van der Waals surface area contributed by atoms with Crippen LogP contribution < -0.4 is 0 Å². The van der Waals surface area contributed by atoms with Gasteiger partial charge in [0, 0.05) is 0 Å². The van der Waals surface area contributed by atoms with E-state index in [9.17, 15) is 4.39 Å². The molecule has 0 spiro atoms. The first-order valence-corrected chi connectivity index (χ1v) is 5.50. The second-order valence-corrected chi connectivity index (χ2v) is 3.38. The molecule has 0 fully saturated rings. The molecule has 15 heavy (non-hydrogen) atoms. The largest absolute Gasteiger partial charge is 0.371 e. The van der Waals surface area contributed by atoms with E-state index in [1.165, 1.54) is 12.1 Å². The fraction of sp³-hybridized carbons (Fsp3) is 0.538. The summed E-state index contributed by atoms with van der Waals surface area (Å²) in [5, 5.41) is 0. The van der Waals surface area contributed by atoms with E-state index in [2.05, 4.69) is 0 Å². The molecular formula is C13H21FO. The molecule has 86 valence electrons. The van der Waals surface area contributed by atoms with Crippen LogP contribution in [0.15, 0.2) is 24.3 Å². The van der Waals surface area contributed by atoms with Crippen molar-refractivity contribution in [3.8, 4) is 0 Å². The summed E-state index contributed by atoms with van der Waals surface area (Å²) < 4.78 is 18.1. The Labute approximate surface area is 92.3 Å². The number of ether oxygens (including phenoxy) is 1. The lowest BCUT2D eigenvalue weighted by Crippen LogP contribution is -2.07. The second-order valence-electron chi connectivity index (χ2n) is 3.38. The van der Waals surface area contributed by atoms with Gasteiger partial charge in [0.15, 0.2) is 0 Å². The van der Waals surface area contributed by atoms with E-state index in [0.29, 0.717) is 0 Å². The Kier molecular flexibility index (Phi) is 6.97. The Morgan fingerprint density at radius 2 is 1.47 bits per heavy atom. The third-order valence-corrected chi connectivity index (χ3v) is 1.82. The molecule has 0 aliphatic carbocycles. The first-order valence-electron chi connectivity index (χ1n) is 5.50. The van der Waals surface area contributed by atoms with Gasteiger partial charge in [0.25, 0.3) is 0 Å². The predicted molar refractivity (Wildman–Crippen MR) is 62.4 cm³/mol. The Morgan fingerprint density at radius 1 is 1.00 bits per heavy atom. The van der Waals surface area contributed by atoms with E-state index in [1.807, 2.05) is 34.6 Å². The summed E-state index contributed by atoms with van der Waals surface area (Å²) in [6.45, 7) is 9.94. The third kappa shape index (κ3) is 5.53. The Balaban J connectivity index is 0.000000921. The average molecular weight is 212 g/mol. The van der Waals surface area contributed by atoms with Crippen molar-refractivity contribution in [3.63, 3.8) is 0 Å². The van der Waals surface area contributed by atoms with Crippen LogP contribution in [0, 0.1) is 5.82 Å². The maximum absolute atomic E-state index is 12.6. The number of hydrogen-bond acceptors (Lipinski definition) is 1. The van der Waals surface area contributed by atoms with E-state index < -0.39 is 0 Å². The molecule has 0 N–H and O–H groups in total. The van der Waals surface area contributed by atoms with E-state index in [-0.39, 0.29) is 18.0 Å². The van der Waals surface area contributed by atoms with E-state index in [4.69, 9.17) is 4.74 Å². The van der Waals surface area contributed by atoms with Gasteiger partial charge in [0.1, 0.15) is 5.82 Å².